The molecule has 128 valence electrons. The van der Waals surface area contributed by atoms with Crippen LogP contribution in [0.15, 0.2) is 42.6 Å². The van der Waals surface area contributed by atoms with Crippen LogP contribution >= 0.6 is 23.4 Å². The van der Waals surface area contributed by atoms with Gasteiger partial charge in [-0.3, -0.25) is 9.78 Å². The van der Waals surface area contributed by atoms with E-state index in [1.165, 1.54) is 11.8 Å². The normalized spacial score (nSPS) is 11.3. The standard InChI is InChI=1S/C16H14ClF3N2OS/c17-13-8-12(16(18,19)20)9-22-14(13)10-24-7-6-21-15(23)11-4-2-1-3-5-11/h1-5,8-9H,6-7,10H2,(H,21,23). The number of amides is 1. The maximum Gasteiger partial charge on any atom is 0.417 e. The molecule has 0 aliphatic rings. The van der Waals surface area contributed by atoms with Crippen molar-refractivity contribution in [2.75, 3.05) is 12.3 Å². The number of rotatable bonds is 6. The first kappa shape index (κ1) is 18.6. The molecule has 2 rings (SSSR count). The van der Waals surface area contributed by atoms with E-state index in [-0.39, 0.29) is 10.9 Å². The summed E-state index contributed by atoms with van der Waals surface area (Å²) >= 11 is 7.26. The molecule has 8 heteroatoms. The van der Waals surface area contributed by atoms with Crippen molar-refractivity contribution in [1.29, 1.82) is 0 Å². The number of aromatic nitrogens is 1. The fourth-order valence-electron chi connectivity index (χ4n) is 1.82. The predicted octanol–water partition coefficient (Wildman–Crippen LogP) is 4.42. The Morgan fingerprint density at radius 1 is 1.25 bits per heavy atom. The Labute approximate surface area is 146 Å². The van der Waals surface area contributed by atoms with E-state index in [2.05, 4.69) is 10.3 Å². The van der Waals surface area contributed by atoms with Gasteiger partial charge in [-0.15, -0.1) is 0 Å². The summed E-state index contributed by atoms with van der Waals surface area (Å²) in [7, 11) is 0. The number of thioether (sulfide) groups is 1. The number of carbonyl (C=O) groups is 1. The fraction of sp³-hybridized carbons (Fsp3) is 0.250. The van der Waals surface area contributed by atoms with E-state index >= 15 is 0 Å². The highest BCUT2D eigenvalue weighted by molar-refractivity contribution is 7.98. The van der Waals surface area contributed by atoms with Crippen molar-refractivity contribution in [3.63, 3.8) is 0 Å². The minimum atomic E-state index is -4.45. The molecule has 0 fully saturated rings. The lowest BCUT2D eigenvalue weighted by Gasteiger charge is -2.09. The van der Waals surface area contributed by atoms with Crippen molar-refractivity contribution < 1.29 is 18.0 Å². The molecule has 0 spiro atoms. The summed E-state index contributed by atoms with van der Waals surface area (Å²) in [5.41, 5.74) is 0.107. The van der Waals surface area contributed by atoms with Gasteiger partial charge in [0.25, 0.3) is 5.91 Å². The highest BCUT2D eigenvalue weighted by atomic mass is 35.5. The number of hydrogen-bond donors (Lipinski definition) is 1. The summed E-state index contributed by atoms with van der Waals surface area (Å²) in [6.07, 6.45) is -3.68. The third-order valence-electron chi connectivity index (χ3n) is 3.05. The SMILES string of the molecule is O=C(NCCSCc1ncc(C(F)(F)F)cc1Cl)c1ccccc1. The van der Waals surface area contributed by atoms with Crippen LogP contribution in [-0.2, 0) is 11.9 Å². The van der Waals surface area contributed by atoms with E-state index in [0.717, 1.165) is 12.3 Å². The molecule has 24 heavy (non-hydrogen) atoms. The molecule has 2 aromatic rings. The lowest BCUT2D eigenvalue weighted by Crippen LogP contribution is -2.25. The molecule has 1 heterocycles. The number of alkyl halides is 3. The molecular weight excluding hydrogens is 361 g/mol. The monoisotopic (exact) mass is 374 g/mol. The molecule has 3 nitrogen and oxygen atoms in total. The molecule has 1 amide bonds. The first-order valence-electron chi connectivity index (χ1n) is 7.00. The first-order valence-corrected chi connectivity index (χ1v) is 8.54. The molecule has 0 aliphatic carbocycles. The van der Waals surface area contributed by atoms with Gasteiger partial charge in [0.2, 0.25) is 0 Å². The molecule has 0 saturated heterocycles. The van der Waals surface area contributed by atoms with Crippen LogP contribution in [0.5, 0.6) is 0 Å². The summed E-state index contributed by atoms with van der Waals surface area (Å²) < 4.78 is 37.6. The lowest BCUT2D eigenvalue weighted by molar-refractivity contribution is -0.137. The number of nitrogens with one attached hydrogen (secondary N) is 1. The maximum absolute atomic E-state index is 12.5. The average Bonchev–Trinajstić information content (AvgIpc) is 2.55. The average molecular weight is 375 g/mol. The zero-order chi connectivity index (χ0) is 17.6. The number of halogens is 4. The maximum atomic E-state index is 12.5. The molecule has 0 unspecified atom stereocenters. The van der Waals surface area contributed by atoms with Crippen LogP contribution < -0.4 is 5.32 Å². The van der Waals surface area contributed by atoms with E-state index < -0.39 is 11.7 Å². The second-order valence-corrected chi connectivity index (χ2v) is 6.34. The minimum Gasteiger partial charge on any atom is -0.351 e. The van der Waals surface area contributed by atoms with Gasteiger partial charge in [-0.2, -0.15) is 24.9 Å². The Hall–Kier alpha value is -1.73. The van der Waals surface area contributed by atoms with Gasteiger partial charge in [0.15, 0.2) is 0 Å². The quantitative estimate of drug-likeness (QED) is 0.761. The van der Waals surface area contributed by atoms with Gasteiger partial charge in [-0.1, -0.05) is 29.8 Å². The molecule has 0 bridgehead atoms. The van der Waals surface area contributed by atoms with E-state index in [1.807, 2.05) is 6.07 Å². The Morgan fingerprint density at radius 2 is 1.96 bits per heavy atom. The van der Waals surface area contributed by atoms with Crippen LogP contribution in [0.1, 0.15) is 21.6 Å². The van der Waals surface area contributed by atoms with E-state index in [1.54, 1.807) is 24.3 Å². The number of nitrogens with zero attached hydrogens (tertiary/aromatic N) is 1. The highest BCUT2D eigenvalue weighted by Gasteiger charge is 2.31. The number of hydrogen-bond acceptors (Lipinski definition) is 3. The molecule has 0 radical (unpaired) electrons. The fourth-order valence-corrected chi connectivity index (χ4v) is 2.95. The molecule has 1 aromatic carbocycles. The zero-order valence-corrected chi connectivity index (χ0v) is 14.0. The van der Waals surface area contributed by atoms with Gasteiger partial charge in [0, 0.05) is 29.8 Å². The topological polar surface area (TPSA) is 42.0 Å². The second-order valence-electron chi connectivity index (χ2n) is 4.82. The van der Waals surface area contributed by atoms with Gasteiger partial charge < -0.3 is 5.32 Å². The van der Waals surface area contributed by atoms with Crippen LogP contribution in [0, 0.1) is 0 Å². The van der Waals surface area contributed by atoms with Crippen LogP contribution in [0.25, 0.3) is 0 Å². The Morgan fingerprint density at radius 3 is 2.58 bits per heavy atom. The summed E-state index contributed by atoms with van der Waals surface area (Å²) in [5.74, 6) is 0.803. The van der Waals surface area contributed by atoms with Crippen molar-refractivity contribution in [2.24, 2.45) is 0 Å². The number of pyridine rings is 1. The molecule has 0 saturated carbocycles. The van der Waals surface area contributed by atoms with Gasteiger partial charge in [-0.05, 0) is 18.2 Å². The van der Waals surface area contributed by atoms with E-state index in [9.17, 15) is 18.0 Å². The van der Waals surface area contributed by atoms with E-state index in [4.69, 9.17) is 11.6 Å². The minimum absolute atomic E-state index is 0.00866. The summed E-state index contributed by atoms with van der Waals surface area (Å²) in [6, 6.07) is 9.70. The molecular formula is C16H14ClF3N2OS. The summed E-state index contributed by atoms with van der Waals surface area (Å²) in [6.45, 7) is 0.441. The second kappa shape index (κ2) is 8.39. The smallest absolute Gasteiger partial charge is 0.351 e. The van der Waals surface area contributed by atoms with Gasteiger partial charge in [0.05, 0.1) is 16.3 Å². The van der Waals surface area contributed by atoms with Gasteiger partial charge in [0.1, 0.15) is 0 Å². The Balaban J connectivity index is 1.76. The Bertz CT molecular complexity index is 695. The lowest BCUT2D eigenvalue weighted by atomic mass is 10.2. The van der Waals surface area contributed by atoms with Crippen molar-refractivity contribution in [3.05, 3.63) is 64.4 Å². The van der Waals surface area contributed by atoms with Crippen molar-refractivity contribution >= 4 is 29.3 Å². The Kier molecular flexibility index (Phi) is 6.51. The van der Waals surface area contributed by atoms with Crippen LogP contribution in [0.4, 0.5) is 13.2 Å². The molecule has 0 aliphatic heterocycles. The van der Waals surface area contributed by atoms with Crippen LogP contribution in [0.2, 0.25) is 5.02 Å². The molecule has 0 atom stereocenters. The van der Waals surface area contributed by atoms with Crippen molar-refractivity contribution in [3.8, 4) is 0 Å². The van der Waals surface area contributed by atoms with Crippen LogP contribution in [-0.4, -0.2) is 23.2 Å². The van der Waals surface area contributed by atoms with E-state index in [0.29, 0.717) is 29.3 Å². The zero-order valence-electron chi connectivity index (χ0n) is 12.4. The van der Waals surface area contributed by atoms with Gasteiger partial charge in [-0.25, -0.2) is 0 Å². The predicted molar refractivity (Wildman–Crippen MR) is 89.2 cm³/mol. The van der Waals surface area contributed by atoms with Crippen LogP contribution in [0.3, 0.4) is 0 Å². The number of carbonyl (C=O) groups excluding carboxylic acids is 1. The first-order chi connectivity index (χ1) is 11.4. The summed E-state index contributed by atoms with van der Waals surface area (Å²) in [4.78, 5) is 15.6. The summed E-state index contributed by atoms with van der Waals surface area (Å²) in [5, 5.41) is 2.76. The van der Waals surface area contributed by atoms with Crippen molar-refractivity contribution in [1.82, 2.24) is 10.3 Å². The molecule has 1 aromatic heterocycles. The molecule has 1 N–H and O–H groups in total. The van der Waals surface area contributed by atoms with Crippen molar-refractivity contribution in [2.45, 2.75) is 11.9 Å². The number of benzene rings is 1. The third kappa shape index (κ3) is 5.42. The highest BCUT2D eigenvalue weighted by Crippen LogP contribution is 2.31. The third-order valence-corrected chi connectivity index (χ3v) is 4.35. The van der Waals surface area contributed by atoms with Gasteiger partial charge >= 0.3 is 6.18 Å². The largest absolute Gasteiger partial charge is 0.417 e.